The number of pyridine rings is 2. The summed E-state index contributed by atoms with van der Waals surface area (Å²) in [4.78, 5) is 30.5. The molecule has 10 heteroatoms. The van der Waals surface area contributed by atoms with E-state index in [0.29, 0.717) is 0 Å². The largest absolute Gasteiger partial charge is 0.507 e. The molecule has 1 atom stereocenters. The number of aromatic amines is 1. The lowest BCUT2D eigenvalue weighted by Gasteiger charge is -2.15. The molecular formula is C19H13F3N4O3. The fourth-order valence-corrected chi connectivity index (χ4v) is 2.86. The Kier molecular flexibility index (Phi) is 5.23. The molecule has 2 aromatic heterocycles. The lowest BCUT2D eigenvalue weighted by molar-refractivity contribution is -0.121. The van der Waals surface area contributed by atoms with Gasteiger partial charge in [0.1, 0.15) is 17.6 Å². The standard InChI is InChI=1S/C19H13F3N4O3/c1-8(17-12(21)4-9(6-23)7-24-17)25-14(27)5-10-18(28)15-13(26-19(10)29)3-2-11(20)16(15)22/h2-4,7-8H,5H2,1H3,(H,25,27)(H2,26,28,29)/t8-/m1/s1. The van der Waals surface area contributed by atoms with E-state index in [4.69, 9.17) is 5.26 Å². The van der Waals surface area contributed by atoms with Crippen LogP contribution < -0.4 is 10.9 Å². The Morgan fingerprint density at radius 1 is 1.34 bits per heavy atom. The van der Waals surface area contributed by atoms with Crippen molar-refractivity contribution in [2.75, 3.05) is 0 Å². The number of carbonyl (C=O) groups excluding carboxylic acids is 1. The average molecular weight is 402 g/mol. The number of aromatic nitrogens is 2. The maximum Gasteiger partial charge on any atom is 0.255 e. The quantitative estimate of drug-likeness (QED) is 0.619. The Hall–Kier alpha value is -3.87. The zero-order valence-electron chi connectivity index (χ0n) is 14.9. The molecule has 0 aliphatic heterocycles. The summed E-state index contributed by atoms with van der Waals surface area (Å²) in [5, 5.41) is 20.8. The van der Waals surface area contributed by atoms with Crippen LogP contribution >= 0.6 is 0 Å². The molecule has 2 heterocycles. The van der Waals surface area contributed by atoms with Crippen LogP contribution in [0.5, 0.6) is 5.75 Å². The van der Waals surface area contributed by atoms with Crippen molar-refractivity contribution in [2.24, 2.45) is 0 Å². The molecule has 148 valence electrons. The van der Waals surface area contributed by atoms with E-state index in [1.54, 1.807) is 6.07 Å². The first-order valence-electron chi connectivity index (χ1n) is 8.29. The number of hydrogen-bond donors (Lipinski definition) is 3. The highest BCUT2D eigenvalue weighted by Crippen LogP contribution is 2.29. The van der Waals surface area contributed by atoms with Crippen molar-refractivity contribution in [3.63, 3.8) is 0 Å². The van der Waals surface area contributed by atoms with E-state index in [2.05, 4.69) is 15.3 Å². The van der Waals surface area contributed by atoms with Gasteiger partial charge in [0.05, 0.1) is 40.2 Å². The van der Waals surface area contributed by atoms with Crippen LogP contribution in [-0.4, -0.2) is 21.0 Å². The van der Waals surface area contributed by atoms with E-state index in [0.717, 1.165) is 24.4 Å². The first kappa shape index (κ1) is 19.9. The van der Waals surface area contributed by atoms with E-state index in [1.807, 2.05) is 0 Å². The van der Waals surface area contributed by atoms with Gasteiger partial charge in [-0.2, -0.15) is 5.26 Å². The summed E-state index contributed by atoms with van der Waals surface area (Å²) in [6, 6.07) is 3.64. The molecule has 0 radical (unpaired) electrons. The minimum atomic E-state index is -1.37. The van der Waals surface area contributed by atoms with E-state index >= 15 is 0 Å². The van der Waals surface area contributed by atoms with Gasteiger partial charge in [-0.15, -0.1) is 0 Å². The molecule has 3 N–H and O–H groups in total. The van der Waals surface area contributed by atoms with Crippen LogP contribution in [0.25, 0.3) is 10.9 Å². The summed E-state index contributed by atoms with van der Waals surface area (Å²) in [5.74, 6) is -5.05. The lowest BCUT2D eigenvalue weighted by Crippen LogP contribution is -2.31. The normalized spacial score (nSPS) is 11.8. The number of fused-ring (bicyclic) bond motifs is 1. The number of nitrogens with one attached hydrogen (secondary N) is 2. The van der Waals surface area contributed by atoms with E-state index in [1.165, 1.54) is 6.92 Å². The van der Waals surface area contributed by atoms with Crippen LogP contribution in [0.4, 0.5) is 13.2 Å². The van der Waals surface area contributed by atoms with Gasteiger partial charge in [-0.3, -0.25) is 14.6 Å². The van der Waals surface area contributed by atoms with Crippen molar-refractivity contribution in [3.05, 3.63) is 69.0 Å². The third-order valence-electron chi connectivity index (χ3n) is 4.26. The number of hydrogen-bond acceptors (Lipinski definition) is 5. The minimum Gasteiger partial charge on any atom is -0.507 e. The number of nitrogens with zero attached hydrogens (tertiary/aromatic N) is 2. The van der Waals surface area contributed by atoms with Crippen molar-refractivity contribution < 1.29 is 23.1 Å². The maximum absolute atomic E-state index is 14.0. The van der Waals surface area contributed by atoms with Crippen LogP contribution in [0.3, 0.4) is 0 Å². The maximum atomic E-state index is 14.0. The fraction of sp³-hybridized carbons (Fsp3) is 0.158. The Morgan fingerprint density at radius 3 is 2.72 bits per heavy atom. The van der Waals surface area contributed by atoms with E-state index in [9.17, 15) is 27.9 Å². The van der Waals surface area contributed by atoms with Crippen LogP contribution in [-0.2, 0) is 11.2 Å². The molecule has 1 aromatic carbocycles. The van der Waals surface area contributed by atoms with Gasteiger partial charge >= 0.3 is 0 Å². The summed E-state index contributed by atoms with van der Waals surface area (Å²) in [5.41, 5.74) is -1.59. The van der Waals surface area contributed by atoms with Crippen molar-refractivity contribution in [1.82, 2.24) is 15.3 Å². The third-order valence-corrected chi connectivity index (χ3v) is 4.26. The van der Waals surface area contributed by atoms with Gasteiger partial charge in [-0.05, 0) is 25.1 Å². The monoisotopic (exact) mass is 402 g/mol. The number of amides is 1. The van der Waals surface area contributed by atoms with Gasteiger partial charge in [0.2, 0.25) is 5.91 Å². The molecule has 7 nitrogen and oxygen atoms in total. The second kappa shape index (κ2) is 7.63. The van der Waals surface area contributed by atoms with Crippen LogP contribution in [0, 0.1) is 28.8 Å². The molecule has 3 aromatic rings. The number of aromatic hydroxyl groups is 1. The first-order chi connectivity index (χ1) is 13.7. The molecule has 0 saturated heterocycles. The smallest absolute Gasteiger partial charge is 0.255 e. The third kappa shape index (κ3) is 3.75. The van der Waals surface area contributed by atoms with Crippen molar-refractivity contribution in [1.29, 1.82) is 5.26 Å². The number of halogens is 3. The highest BCUT2D eigenvalue weighted by atomic mass is 19.2. The van der Waals surface area contributed by atoms with Crippen LogP contribution in [0.15, 0.2) is 29.2 Å². The predicted molar refractivity (Wildman–Crippen MR) is 95.3 cm³/mol. The van der Waals surface area contributed by atoms with Gasteiger partial charge in [0, 0.05) is 6.20 Å². The molecule has 29 heavy (non-hydrogen) atoms. The number of benzene rings is 1. The lowest BCUT2D eigenvalue weighted by atomic mass is 10.1. The van der Waals surface area contributed by atoms with Gasteiger partial charge in [-0.1, -0.05) is 0 Å². The summed E-state index contributed by atoms with van der Waals surface area (Å²) in [7, 11) is 0. The molecule has 0 unspecified atom stereocenters. The Balaban J connectivity index is 1.87. The Morgan fingerprint density at radius 2 is 2.07 bits per heavy atom. The minimum absolute atomic E-state index is 0.00616. The summed E-state index contributed by atoms with van der Waals surface area (Å²) in [6.07, 6.45) is 0.466. The van der Waals surface area contributed by atoms with Crippen LogP contribution in [0.1, 0.15) is 29.8 Å². The molecule has 0 aliphatic rings. The zero-order chi connectivity index (χ0) is 21.3. The van der Waals surface area contributed by atoms with Crippen molar-refractivity contribution in [3.8, 4) is 11.8 Å². The van der Waals surface area contributed by atoms with Crippen molar-refractivity contribution in [2.45, 2.75) is 19.4 Å². The van der Waals surface area contributed by atoms with Gasteiger partial charge in [0.15, 0.2) is 11.6 Å². The van der Waals surface area contributed by atoms with Gasteiger partial charge < -0.3 is 15.4 Å². The van der Waals surface area contributed by atoms with Gasteiger partial charge in [0.25, 0.3) is 5.56 Å². The van der Waals surface area contributed by atoms with Crippen LogP contribution in [0.2, 0.25) is 0 Å². The Labute approximate surface area is 161 Å². The summed E-state index contributed by atoms with van der Waals surface area (Å²) >= 11 is 0. The van der Waals surface area contributed by atoms with Crippen molar-refractivity contribution >= 4 is 16.8 Å². The van der Waals surface area contributed by atoms with E-state index < -0.39 is 58.1 Å². The highest BCUT2D eigenvalue weighted by molar-refractivity contribution is 5.89. The summed E-state index contributed by atoms with van der Waals surface area (Å²) < 4.78 is 41.5. The second-order valence-corrected chi connectivity index (χ2v) is 6.23. The topological polar surface area (TPSA) is 119 Å². The molecule has 0 aliphatic carbocycles. The number of rotatable bonds is 4. The molecular weight excluding hydrogens is 389 g/mol. The fourth-order valence-electron chi connectivity index (χ4n) is 2.86. The second-order valence-electron chi connectivity index (χ2n) is 6.23. The highest BCUT2D eigenvalue weighted by Gasteiger charge is 2.21. The zero-order valence-corrected chi connectivity index (χ0v) is 14.9. The number of carbonyl (C=O) groups is 1. The molecule has 3 rings (SSSR count). The van der Waals surface area contributed by atoms with E-state index in [-0.39, 0.29) is 16.8 Å². The predicted octanol–water partition coefficient (Wildman–Crippen LogP) is 2.34. The summed E-state index contributed by atoms with van der Waals surface area (Å²) in [6.45, 7) is 1.43. The molecule has 0 bridgehead atoms. The molecule has 0 spiro atoms. The molecule has 1 amide bonds. The first-order valence-corrected chi connectivity index (χ1v) is 8.29. The number of H-pyrrole nitrogens is 1. The number of nitriles is 1. The average Bonchev–Trinajstić information content (AvgIpc) is 2.67. The molecule has 0 fully saturated rings. The SMILES string of the molecule is C[C@@H](NC(=O)Cc1c(O)c2c(F)c(F)ccc2[nH]c1=O)c1ncc(C#N)cc1F. The molecule has 0 saturated carbocycles. The Bertz CT molecular complexity index is 1230. The van der Waals surface area contributed by atoms with Gasteiger partial charge in [-0.25, -0.2) is 13.2 Å².